The van der Waals surface area contributed by atoms with E-state index in [9.17, 15) is 0 Å². The number of fused-ring (bicyclic) bond motifs is 3. The van der Waals surface area contributed by atoms with E-state index in [2.05, 4.69) is 88.8 Å². The van der Waals surface area contributed by atoms with Crippen molar-refractivity contribution < 1.29 is 0 Å². The molecule has 0 bridgehead atoms. The molecule has 9 aromatic rings. The van der Waals surface area contributed by atoms with Gasteiger partial charge in [-0.05, 0) is 74.6 Å². The van der Waals surface area contributed by atoms with Crippen molar-refractivity contribution in [1.29, 1.82) is 0 Å². The molecule has 0 aliphatic heterocycles. The number of aromatic nitrogens is 6. The van der Waals surface area contributed by atoms with E-state index in [0.29, 0.717) is 29.0 Å². The van der Waals surface area contributed by atoms with Gasteiger partial charge in [0.1, 0.15) is 5.69 Å². The third-order valence-corrected chi connectivity index (χ3v) is 8.86. The summed E-state index contributed by atoms with van der Waals surface area (Å²) in [5.41, 5.74) is 7.57. The van der Waals surface area contributed by atoms with Gasteiger partial charge in [0.2, 0.25) is 0 Å². The zero-order valence-corrected chi connectivity index (χ0v) is 26.8. The van der Waals surface area contributed by atoms with Gasteiger partial charge < -0.3 is 0 Å². The predicted molar refractivity (Wildman–Crippen MR) is 201 cm³/mol. The van der Waals surface area contributed by atoms with Crippen LogP contribution in [0.2, 0.25) is 0 Å². The van der Waals surface area contributed by atoms with E-state index in [1.54, 1.807) is 18.5 Å². The number of hydrogen-bond donors (Lipinski definition) is 0. The Kier molecular flexibility index (Phi) is 7.37. The van der Waals surface area contributed by atoms with Crippen molar-refractivity contribution in [3.63, 3.8) is 0 Å². The van der Waals surface area contributed by atoms with Crippen molar-refractivity contribution in [1.82, 2.24) is 29.9 Å². The van der Waals surface area contributed by atoms with Crippen LogP contribution in [0.4, 0.5) is 0 Å². The number of hydrogen-bond acceptors (Lipinski definition) is 6. The highest BCUT2D eigenvalue weighted by molar-refractivity contribution is 6.14. The highest BCUT2D eigenvalue weighted by Gasteiger charge is 2.17. The topological polar surface area (TPSA) is 77.3 Å². The fourth-order valence-corrected chi connectivity index (χ4v) is 6.44. The Morgan fingerprint density at radius 2 is 0.880 bits per heavy atom. The molecular weight excluding hydrogens is 613 g/mol. The van der Waals surface area contributed by atoms with Gasteiger partial charge in [0.25, 0.3) is 0 Å². The van der Waals surface area contributed by atoms with Gasteiger partial charge in [-0.25, -0.2) is 24.9 Å². The molecular formula is C44H28N6. The van der Waals surface area contributed by atoms with Crippen LogP contribution in [0.5, 0.6) is 0 Å². The van der Waals surface area contributed by atoms with E-state index in [1.165, 1.54) is 21.5 Å². The molecule has 50 heavy (non-hydrogen) atoms. The predicted octanol–water partition coefficient (Wildman–Crippen LogP) is 10.4. The molecule has 3 aromatic heterocycles. The van der Waals surface area contributed by atoms with Gasteiger partial charge in [-0.15, -0.1) is 0 Å². The van der Waals surface area contributed by atoms with E-state index in [4.69, 9.17) is 19.9 Å². The maximum absolute atomic E-state index is 5.08. The number of benzene rings is 6. The molecule has 0 radical (unpaired) electrons. The van der Waals surface area contributed by atoms with Gasteiger partial charge in [-0.1, -0.05) is 115 Å². The summed E-state index contributed by atoms with van der Waals surface area (Å²) in [7, 11) is 0. The van der Waals surface area contributed by atoms with Crippen LogP contribution in [0.25, 0.3) is 89.5 Å². The molecule has 6 heteroatoms. The zero-order valence-electron chi connectivity index (χ0n) is 26.8. The standard InChI is InChI=1S/C44H28N6/c1-3-12-29(13-4-1)41-48-42(30-14-5-2-6-15-30)50-43(49-41)35-25-33(32-20-21-40(47-28-32)44-45-22-11-23-46-44)24-34(26-35)39-27-31-16-7-8-17-36(31)37-18-9-10-19-38(37)39/h1-28H. The third-order valence-electron chi connectivity index (χ3n) is 8.86. The smallest absolute Gasteiger partial charge is 0.178 e. The van der Waals surface area contributed by atoms with Crippen LogP contribution in [-0.4, -0.2) is 29.9 Å². The first-order valence-electron chi connectivity index (χ1n) is 16.4. The van der Waals surface area contributed by atoms with Crippen LogP contribution in [0.3, 0.4) is 0 Å². The Balaban J connectivity index is 1.28. The first-order chi connectivity index (χ1) is 24.8. The minimum Gasteiger partial charge on any atom is -0.252 e. The molecule has 234 valence electrons. The lowest BCUT2D eigenvalue weighted by molar-refractivity contribution is 1.07. The van der Waals surface area contributed by atoms with Crippen LogP contribution in [-0.2, 0) is 0 Å². The summed E-state index contributed by atoms with van der Waals surface area (Å²) in [6, 6.07) is 51.9. The fourth-order valence-electron chi connectivity index (χ4n) is 6.44. The first kappa shape index (κ1) is 29.2. The lowest BCUT2D eigenvalue weighted by atomic mass is 9.90. The number of pyridine rings is 1. The lowest BCUT2D eigenvalue weighted by Gasteiger charge is -2.15. The summed E-state index contributed by atoms with van der Waals surface area (Å²) >= 11 is 0. The highest BCUT2D eigenvalue weighted by atomic mass is 15.0. The van der Waals surface area contributed by atoms with Crippen LogP contribution >= 0.6 is 0 Å². The van der Waals surface area contributed by atoms with Gasteiger partial charge in [-0.3, -0.25) is 4.98 Å². The highest BCUT2D eigenvalue weighted by Crippen LogP contribution is 2.39. The second-order valence-electron chi connectivity index (χ2n) is 12.0. The van der Waals surface area contributed by atoms with Crippen molar-refractivity contribution in [2.24, 2.45) is 0 Å². The van der Waals surface area contributed by atoms with E-state index in [-0.39, 0.29) is 0 Å². The average molecular weight is 641 g/mol. The summed E-state index contributed by atoms with van der Waals surface area (Å²) in [4.78, 5) is 28.6. The van der Waals surface area contributed by atoms with E-state index in [0.717, 1.165) is 38.9 Å². The second kappa shape index (κ2) is 12.6. The van der Waals surface area contributed by atoms with E-state index < -0.39 is 0 Å². The van der Waals surface area contributed by atoms with Crippen molar-refractivity contribution in [2.45, 2.75) is 0 Å². The van der Waals surface area contributed by atoms with E-state index >= 15 is 0 Å². The van der Waals surface area contributed by atoms with Crippen molar-refractivity contribution in [2.75, 3.05) is 0 Å². The monoisotopic (exact) mass is 640 g/mol. The molecule has 9 rings (SSSR count). The minimum absolute atomic E-state index is 0.586. The molecule has 0 spiro atoms. The van der Waals surface area contributed by atoms with Crippen molar-refractivity contribution >= 4 is 21.5 Å². The van der Waals surface area contributed by atoms with Gasteiger partial charge in [0.15, 0.2) is 23.3 Å². The van der Waals surface area contributed by atoms with Gasteiger partial charge >= 0.3 is 0 Å². The molecule has 0 aliphatic carbocycles. The van der Waals surface area contributed by atoms with Crippen LogP contribution in [0, 0.1) is 0 Å². The molecule has 0 fully saturated rings. The van der Waals surface area contributed by atoms with E-state index in [1.807, 2.05) is 72.9 Å². The molecule has 0 aliphatic rings. The van der Waals surface area contributed by atoms with Crippen LogP contribution in [0.1, 0.15) is 0 Å². The molecule has 6 nitrogen and oxygen atoms in total. The molecule has 3 heterocycles. The fraction of sp³-hybridized carbons (Fsp3) is 0. The molecule has 0 amide bonds. The van der Waals surface area contributed by atoms with Crippen molar-refractivity contribution in [3.8, 4) is 67.9 Å². The Morgan fingerprint density at radius 3 is 1.54 bits per heavy atom. The van der Waals surface area contributed by atoms with Crippen molar-refractivity contribution in [3.05, 3.63) is 170 Å². The quantitative estimate of drug-likeness (QED) is 0.168. The molecule has 0 saturated carbocycles. The summed E-state index contributed by atoms with van der Waals surface area (Å²) in [6.07, 6.45) is 5.33. The molecule has 0 N–H and O–H groups in total. The molecule has 0 saturated heterocycles. The van der Waals surface area contributed by atoms with Gasteiger partial charge in [0, 0.05) is 40.8 Å². The maximum atomic E-state index is 5.08. The molecule has 0 atom stereocenters. The third kappa shape index (κ3) is 5.55. The maximum Gasteiger partial charge on any atom is 0.178 e. The Labute approximate surface area is 288 Å². The minimum atomic E-state index is 0.586. The Hall–Kier alpha value is -6.92. The summed E-state index contributed by atoms with van der Waals surface area (Å²) < 4.78 is 0. The number of rotatable bonds is 6. The first-order valence-corrected chi connectivity index (χ1v) is 16.4. The Morgan fingerprint density at radius 1 is 0.320 bits per heavy atom. The molecule has 6 aromatic carbocycles. The number of nitrogens with zero attached hydrogens (tertiary/aromatic N) is 6. The van der Waals surface area contributed by atoms with Gasteiger partial charge in [0.05, 0.1) is 0 Å². The SMILES string of the molecule is c1ccc(-c2nc(-c3ccccc3)nc(-c3cc(-c4ccc(-c5ncccn5)nc4)cc(-c4cc5ccccc5c5ccccc45)c3)n2)cc1. The van der Waals surface area contributed by atoms with Gasteiger partial charge in [-0.2, -0.15) is 0 Å². The Bertz CT molecular complexity index is 2570. The normalized spacial score (nSPS) is 11.2. The molecule has 0 unspecified atom stereocenters. The summed E-state index contributed by atoms with van der Waals surface area (Å²) in [6.45, 7) is 0. The second-order valence-corrected chi connectivity index (χ2v) is 12.0. The average Bonchev–Trinajstić information content (AvgIpc) is 3.21. The summed E-state index contributed by atoms with van der Waals surface area (Å²) in [5.74, 6) is 2.41. The van der Waals surface area contributed by atoms with Crippen LogP contribution in [0.15, 0.2) is 170 Å². The largest absolute Gasteiger partial charge is 0.252 e. The summed E-state index contributed by atoms with van der Waals surface area (Å²) in [5, 5.41) is 4.79. The van der Waals surface area contributed by atoms with Crippen LogP contribution < -0.4 is 0 Å². The lowest BCUT2D eigenvalue weighted by Crippen LogP contribution is -2.00. The zero-order chi connectivity index (χ0) is 33.3.